The topological polar surface area (TPSA) is 82.2 Å². The summed E-state index contributed by atoms with van der Waals surface area (Å²) >= 11 is 0. The summed E-state index contributed by atoms with van der Waals surface area (Å²) in [5, 5.41) is 10.1. The number of rotatable bonds is 5. The van der Waals surface area contributed by atoms with Crippen molar-refractivity contribution in [2.24, 2.45) is 0 Å². The largest absolute Gasteiger partial charge is 0.435 e. The molecule has 4 rings (SSSR count). The van der Waals surface area contributed by atoms with E-state index >= 15 is 0 Å². The van der Waals surface area contributed by atoms with Gasteiger partial charge < -0.3 is 14.6 Å². The monoisotopic (exact) mass is 370 g/mol. The molecule has 2 aliphatic rings. The average Bonchev–Trinajstić information content (AvgIpc) is 3.20. The van der Waals surface area contributed by atoms with Crippen LogP contribution in [-0.4, -0.2) is 34.0 Å². The molecule has 10 heteroatoms. The van der Waals surface area contributed by atoms with Gasteiger partial charge in [0.05, 0.1) is 19.8 Å². The fourth-order valence-electron chi connectivity index (χ4n) is 3.04. The molecule has 1 aliphatic carbocycles. The van der Waals surface area contributed by atoms with Gasteiger partial charge in [-0.1, -0.05) is 5.16 Å². The van der Waals surface area contributed by atoms with Crippen molar-refractivity contribution < 1.29 is 27.2 Å². The molecule has 1 aliphatic heterocycles. The number of alkyl halides is 3. The first kappa shape index (κ1) is 17.1. The molecule has 0 unspecified atom stereocenters. The van der Waals surface area contributed by atoms with Gasteiger partial charge in [-0.2, -0.15) is 18.3 Å². The number of ether oxygens (including phenoxy) is 1. The van der Waals surface area contributed by atoms with Crippen LogP contribution < -0.4 is 5.32 Å². The number of halogens is 3. The molecule has 0 aromatic carbocycles. The van der Waals surface area contributed by atoms with Crippen molar-refractivity contribution in [1.29, 1.82) is 0 Å². The number of carbonyl (C=O) groups is 1. The normalized spacial score (nSPS) is 17.2. The fourth-order valence-corrected chi connectivity index (χ4v) is 3.04. The van der Waals surface area contributed by atoms with Crippen LogP contribution in [0.2, 0.25) is 0 Å². The molecule has 3 heterocycles. The van der Waals surface area contributed by atoms with Gasteiger partial charge in [-0.15, -0.1) is 0 Å². The molecule has 0 atom stereocenters. The summed E-state index contributed by atoms with van der Waals surface area (Å²) in [5.41, 5.74) is -0.140. The summed E-state index contributed by atoms with van der Waals surface area (Å²) in [7, 11) is 0. The Labute approximate surface area is 146 Å². The molecule has 2 aromatic heterocycles. The van der Waals surface area contributed by atoms with E-state index in [1.165, 1.54) is 4.68 Å². The second-order valence-electron chi connectivity index (χ2n) is 6.44. The maximum atomic E-state index is 13.1. The smallest absolute Gasteiger partial charge is 0.376 e. The average molecular weight is 370 g/mol. The van der Waals surface area contributed by atoms with Crippen molar-refractivity contribution in [3.05, 3.63) is 34.5 Å². The summed E-state index contributed by atoms with van der Waals surface area (Å²) in [6, 6.07) is 1.61. The summed E-state index contributed by atoms with van der Waals surface area (Å²) in [5.74, 6) is 0.634. The minimum absolute atomic E-state index is 0.0839. The molecule has 0 spiro atoms. The highest BCUT2D eigenvalue weighted by Gasteiger charge is 2.39. The molecular weight excluding hydrogens is 353 g/mol. The van der Waals surface area contributed by atoms with Crippen LogP contribution >= 0.6 is 0 Å². The van der Waals surface area contributed by atoms with E-state index in [1.807, 2.05) is 0 Å². The minimum atomic E-state index is -4.53. The third kappa shape index (κ3) is 3.33. The van der Waals surface area contributed by atoms with Crippen molar-refractivity contribution in [3.63, 3.8) is 0 Å². The Kier molecular flexibility index (Phi) is 4.22. The minimum Gasteiger partial charge on any atom is -0.376 e. The van der Waals surface area contributed by atoms with Gasteiger partial charge >= 0.3 is 6.18 Å². The predicted molar refractivity (Wildman–Crippen MR) is 81.4 cm³/mol. The summed E-state index contributed by atoms with van der Waals surface area (Å²) in [6.07, 6.45) is -2.10. The fraction of sp³-hybridized carbons (Fsp3) is 0.562. The maximum Gasteiger partial charge on any atom is 0.435 e. The van der Waals surface area contributed by atoms with Gasteiger partial charge in [0.15, 0.2) is 11.4 Å². The predicted octanol–water partition coefficient (Wildman–Crippen LogP) is 2.27. The highest BCUT2D eigenvalue weighted by Crippen LogP contribution is 2.40. The molecule has 1 N–H and O–H groups in total. The van der Waals surface area contributed by atoms with Crippen LogP contribution in [-0.2, 0) is 30.5 Å². The molecule has 1 amide bonds. The van der Waals surface area contributed by atoms with Gasteiger partial charge in [-0.05, 0) is 12.8 Å². The van der Waals surface area contributed by atoms with Crippen LogP contribution in [0.25, 0.3) is 0 Å². The lowest BCUT2D eigenvalue weighted by atomic mass is 10.1. The van der Waals surface area contributed by atoms with Crippen LogP contribution in [0.4, 0.5) is 13.2 Å². The number of carbonyl (C=O) groups excluding carboxylic acids is 1. The molecule has 140 valence electrons. The van der Waals surface area contributed by atoms with E-state index in [4.69, 9.17) is 9.26 Å². The molecule has 1 saturated carbocycles. The van der Waals surface area contributed by atoms with Crippen LogP contribution in [0.1, 0.15) is 52.0 Å². The zero-order valence-corrected chi connectivity index (χ0v) is 13.8. The Hall–Kier alpha value is -2.36. The number of hydrogen-bond donors (Lipinski definition) is 1. The number of fused-ring (bicyclic) bond motifs is 1. The first-order valence-electron chi connectivity index (χ1n) is 8.42. The quantitative estimate of drug-likeness (QED) is 0.873. The first-order chi connectivity index (χ1) is 12.4. The molecule has 26 heavy (non-hydrogen) atoms. The van der Waals surface area contributed by atoms with Gasteiger partial charge in [-0.25, -0.2) is 0 Å². The number of nitrogens with one attached hydrogen (secondary N) is 1. The van der Waals surface area contributed by atoms with Crippen LogP contribution in [0, 0.1) is 0 Å². The Morgan fingerprint density at radius 1 is 1.38 bits per heavy atom. The van der Waals surface area contributed by atoms with Gasteiger partial charge in [0.1, 0.15) is 5.76 Å². The third-order valence-corrected chi connectivity index (χ3v) is 4.51. The molecule has 0 radical (unpaired) electrons. The maximum absolute atomic E-state index is 13.1. The Morgan fingerprint density at radius 2 is 2.19 bits per heavy atom. The lowest BCUT2D eigenvalue weighted by Crippen LogP contribution is -2.28. The van der Waals surface area contributed by atoms with E-state index < -0.39 is 17.8 Å². The lowest BCUT2D eigenvalue weighted by Gasteiger charge is -2.15. The van der Waals surface area contributed by atoms with Crippen molar-refractivity contribution in [1.82, 2.24) is 20.3 Å². The van der Waals surface area contributed by atoms with Crippen LogP contribution in [0.5, 0.6) is 0 Å². The van der Waals surface area contributed by atoms with Crippen LogP contribution in [0.3, 0.4) is 0 Å². The van der Waals surface area contributed by atoms with E-state index in [2.05, 4.69) is 15.6 Å². The van der Waals surface area contributed by atoms with Crippen molar-refractivity contribution in [2.75, 3.05) is 13.2 Å². The van der Waals surface area contributed by atoms with E-state index in [0.29, 0.717) is 30.4 Å². The molecule has 2 aromatic rings. The second-order valence-corrected chi connectivity index (χ2v) is 6.44. The first-order valence-corrected chi connectivity index (χ1v) is 8.42. The highest BCUT2D eigenvalue weighted by atomic mass is 19.4. The zero-order chi connectivity index (χ0) is 18.3. The Balaban J connectivity index is 1.41. The van der Waals surface area contributed by atoms with Gasteiger partial charge in [0.25, 0.3) is 5.91 Å². The zero-order valence-electron chi connectivity index (χ0n) is 13.8. The van der Waals surface area contributed by atoms with Gasteiger partial charge in [0.2, 0.25) is 0 Å². The Morgan fingerprint density at radius 3 is 2.92 bits per heavy atom. The van der Waals surface area contributed by atoms with E-state index in [1.54, 1.807) is 6.07 Å². The standard InChI is InChI=1S/C16H17F3N4O3/c17-16(18,19)14-10-8-25-6-3-12(10)23(21-14)5-4-20-15(24)11-7-13(26-22-11)9-1-2-9/h7,9H,1-6,8H2,(H,20,24). The molecule has 7 nitrogen and oxygen atoms in total. The number of hydrogen-bond acceptors (Lipinski definition) is 5. The second kappa shape index (κ2) is 6.42. The lowest BCUT2D eigenvalue weighted by molar-refractivity contribution is -0.142. The van der Waals surface area contributed by atoms with Crippen molar-refractivity contribution in [3.8, 4) is 0 Å². The SMILES string of the molecule is O=C(NCCn1nc(C(F)(F)F)c2c1CCOC2)c1cc(C2CC2)on1. The van der Waals surface area contributed by atoms with Gasteiger partial charge in [0, 0.05) is 36.2 Å². The van der Waals surface area contributed by atoms with Crippen molar-refractivity contribution in [2.45, 2.75) is 44.5 Å². The molecular formula is C16H17F3N4O3. The number of nitrogens with zero attached hydrogens (tertiary/aromatic N) is 3. The number of amides is 1. The summed E-state index contributed by atoms with van der Waals surface area (Å²) in [4.78, 5) is 12.1. The van der Waals surface area contributed by atoms with E-state index in [0.717, 1.165) is 12.8 Å². The molecule has 0 bridgehead atoms. The summed E-state index contributed by atoms with van der Waals surface area (Å²) in [6.45, 7) is 0.527. The highest BCUT2D eigenvalue weighted by molar-refractivity contribution is 5.92. The van der Waals surface area contributed by atoms with Crippen LogP contribution in [0.15, 0.2) is 10.6 Å². The van der Waals surface area contributed by atoms with Gasteiger partial charge in [-0.3, -0.25) is 9.48 Å². The number of aromatic nitrogens is 3. The molecule has 1 fully saturated rings. The molecule has 0 saturated heterocycles. The Bertz CT molecular complexity index is 823. The van der Waals surface area contributed by atoms with E-state index in [-0.39, 0.29) is 31.0 Å². The van der Waals surface area contributed by atoms with E-state index in [9.17, 15) is 18.0 Å². The van der Waals surface area contributed by atoms with Crippen molar-refractivity contribution >= 4 is 5.91 Å². The third-order valence-electron chi connectivity index (χ3n) is 4.51. The summed E-state index contributed by atoms with van der Waals surface area (Å²) < 4.78 is 50.9.